The van der Waals surface area contributed by atoms with Gasteiger partial charge >= 0.3 is 12.9 Å². The van der Waals surface area contributed by atoms with Crippen molar-refractivity contribution in [2.75, 3.05) is 0 Å². The number of hydrogen-bond donors (Lipinski definition) is 0. The molecule has 0 saturated carbocycles. The number of rotatable bonds is 2. The number of ketones is 1. The van der Waals surface area contributed by atoms with E-state index in [-0.39, 0.29) is 11.5 Å². The summed E-state index contributed by atoms with van der Waals surface area (Å²) in [5, 5.41) is 8.79. The molecule has 0 atom stereocenters. The number of nitrogens with zero attached hydrogens (tertiary/aromatic N) is 2. The summed E-state index contributed by atoms with van der Waals surface area (Å²) in [5.74, 6) is -0.144. The van der Waals surface area contributed by atoms with Crippen LogP contribution in [0.5, 0.6) is 0 Å². The smallest absolute Gasteiger partial charge is 0.418 e. The second-order valence-electron chi connectivity index (χ2n) is 3.81. The fraction of sp³-hybridized carbons (Fsp3) is 0. The third-order valence-corrected chi connectivity index (χ3v) is 2.29. The van der Waals surface area contributed by atoms with Gasteiger partial charge in [0.2, 0.25) is 11.2 Å². The molecule has 0 aromatic heterocycles. The van der Waals surface area contributed by atoms with Crippen LogP contribution in [0.15, 0.2) is 54.6 Å². The topological polar surface area (TPSA) is 45.2 Å². The molecule has 0 amide bonds. The van der Waals surface area contributed by atoms with Crippen molar-refractivity contribution in [1.82, 2.24) is 0 Å². The van der Waals surface area contributed by atoms with Gasteiger partial charge < -0.3 is 17.3 Å². The summed E-state index contributed by atoms with van der Waals surface area (Å²) in [6.07, 6.45) is 0. The fourth-order valence-corrected chi connectivity index (χ4v) is 1.50. The predicted molar refractivity (Wildman–Crippen MR) is 71.2 cm³/mol. The number of hydrogen-bond acceptors (Lipinski definition) is 2. The molecule has 0 N–H and O–H groups in total. The van der Waals surface area contributed by atoms with Gasteiger partial charge in [-0.15, -0.1) is 0 Å². The van der Waals surface area contributed by atoms with E-state index in [0.29, 0.717) is 11.1 Å². The lowest BCUT2D eigenvalue weighted by atomic mass is 10.0. The van der Waals surface area contributed by atoms with Gasteiger partial charge in [0, 0.05) is 11.6 Å². The van der Waals surface area contributed by atoms with E-state index in [4.69, 9.17) is 5.39 Å². The maximum Gasteiger partial charge on any atom is 0.673 e. The van der Waals surface area contributed by atoms with Gasteiger partial charge in [-0.3, -0.25) is 4.79 Å². The Morgan fingerprint density at radius 1 is 0.905 bits per heavy atom. The van der Waals surface area contributed by atoms with Gasteiger partial charge in [-0.25, -0.2) is 0 Å². The Morgan fingerprint density at radius 3 is 1.90 bits per heavy atom. The van der Waals surface area contributed by atoms with Crippen LogP contribution in [0.2, 0.25) is 0 Å². The number of halogens is 4. The molecule has 0 aliphatic heterocycles. The Labute approximate surface area is 117 Å². The number of carbonyl (C=O) groups is 1. The molecule has 0 heterocycles. The van der Waals surface area contributed by atoms with Crippen LogP contribution in [-0.4, -0.2) is 13.0 Å². The lowest BCUT2D eigenvalue weighted by molar-refractivity contribution is 0.103. The summed E-state index contributed by atoms with van der Waals surface area (Å²) in [7, 11) is -6.00. The second-order valence-corrected chi connectivity index (χ2v) is 3.81. The minimum atomic E-state index is -6.00. The Bertz CT molecular complexity index is 647. The van der Waals surface area contributed by atoms with Crippen LogP contribution < -0.4 is 0 Å². The Kier molecular flexibility index (Phi) is 5.61. The largest absolute Gasteiger partial charge is 0.673 e. The van der Waals surface area contributed by atoms with E-state index in [1.807, 2.05) is 6.07 Å². The molecule has 0 unspecified atom stereocenters. The molecule has 0 fully saturated rings. The molecule has 2 aromatic carbocycles. The van der Waals surface area contributed by atoms with Crippen LogP contribution in [0.1, 0.15) is 15.9 Å². The highest BCUT2D eigenvalue weighted by molar-refractivity contribution is 6.50. The molecule has 8 heteroatoms. The zero-order valence-electron chi connectivity index (χ0n) is 10.6. The van der Waals surface area contributed by atoms with Gasteiger partial charge in [0.25, 0.3) is 0 Å². The van der Waals surface area contributed by atoms with Gasteiger partial charge in [0.05, 0.1) is 0 Å². The molecule has 21 heavy (non-hydrogen) atoms. The third kappa shape index (κ3) is 5.86. The van der Waals surface area contributed by atoms with E-state index in [0.717, 1.165) is 0 Å². The van der Waals surface area contributed by atoms with E-state index < -0.39 is 7.25 Å². The molecule has 0 aliphatic rings. The third-order valence-electron chi connectivity index (χ3n) is 2.29. The molecule has 0 aliphatic carbocycles. The molecule has 2 aromatic rings. The Morgan fingerprint density at radius 2 is 1.38 bits per heavy atom. The lowest BCUT2D eigenvalue weighted by Crippen LogP contribution is -2.02. The zero-order chi connectivity index (χ0) is 15.9. The zero-order valence-corrected chi connectivity index (χ0v) is 10.6. The Hall–Kier alpha value is -2.69. The quantitative estimate of drug-likeness (QED) is 0.349. The van der Waals surface area contributed by atoms with E-state index in [1.54, 1.807) is 48.5 Å². The van der Waals surface area contributed by atoms with Crippen molar-refractivity contribution in [2.45, 2.75) is 0 Å². The molecular formula is C13H9BF4N2O. The van der Waals surface area contributed by atoms with E-state index in [9.17, 15) is 22.1 Å². The molecule has 0 saturated heterocycles. The number of diazo groups is 1. The fourth-order valence-electron chi connectivity index (χ4n) is 1.50. The molecule has 108 valence electrons. The average molecular weight is 296 g/mol. The van der Waals surface area contributed by atoms with E-state index in [1.165, 1.54) is 0 Å². The SMILES string of the molecule is F[B-](F)(F)F.N#[N+]c1ccccc1C(=O)c1ccccc1. The highest BCUT2D eigenvalue weighted by Crippen LogP contribution is 2.21. The molecule has 0 spiro atoms. The first-order chi connectivity index (χ1) is 9.83. The van der Waals surface area contributed by atoms with Crippen LogP contribution in [0, 0.1) is 5.39 Å². The van der Waals surface area contributed by atoms with E-state index >= 15 is 0 Å². The number of benzene rings is 2. The first kappa shape index (κ1) is 16.4. The van der Waals surface area contributed by atoms with E-state index in [2.05, 4.69) is 4.98 Å². The lowest BCUT2D eigenvalue weighted by Gasteiger charge is -1.97. The normalized spacial score (nSPS) is 10.0. The van der Waals surface area contributed by atoms with Crippen molar-refractivity contribution >= 4 is 18.7 Å². The van der Waals surface area contributed by atoms with Crippen molar-refractivity contribution in [3.05, 3.63) is 70.7 Å². The van der Waals surface area contributed by atoms with Crippen LogP contribution in [0.3, 0.4) is 0 Å². The highest BCUT2D eigenvalue weighted by atomic mass is 19.5. The summed E-state index contributed by atoms with van der Waals surface area (Å²) in [4.78, 5) is 15.2. The van der Waals surface area contributed by atoms with Crippen molar-refractivity contribution in [2.24, 2.45) is 0 Å². The first-order valence-corrected chi connectivity index (χ1v) is 5.74. The standard InChI is InChI=1S/C13H9N2O.BF4/c14-15-12-9-5-4-8-11(12)13(16)10-6-2-1-3-7-10;2-1(3,4)5/h1-9H;/q+1;-1. The summed E-state index contributed by atoms with van der Waals surface area (Å²) >= 11 is 0. The van der Waals surface area contributed by atoms with Crippen LogP contribution in [0.4, 0.5) is 23.0 Å². The first-order valence-electron chi connectivity index (χ1n) is 5.74. The molecule has 0 radical (unpaired) electrons. The maximum atomic E-state index is 12.1. The van der Waals surface area contributed by atoms with Crippen molar-refractivity contribution in [3.63, 3.8) is 0 Å². The maximum absolute atomic E-state index is 12.1. The van der Waals surface area contributed by atoms with Gasteiger partial charge in [0.1, 0.15) is 5.56 Å². The van der Waals surface area contributed by atoms with Crippen molar-refractivity contribution in [1.29, 1.82) is 5.39 Å². The second kappa shape index (κ2) is 7.19. The molecule has 0 bridgehead atoms. The monoisotopic (exact) mass is 296 g/mol. The summed E-state index contributed by atoms with van der Waals surface area (Å²) in [6.45, 7) is 0. The minimum absolute atomic E-state index is 0.144. The van der Waals surface area contributed by atoms with Crippen molar-refractivity contribution < 1.29 is 22.1 Å². The molecular weight excluding hydrogens is 287 g/mol. The predicted octanol–water partition coefficient (Wildman–Crippen LogP) is 4.70. The van der Waals surface area contributed by atoms with Gasteiger partial charge in [-0.1, -0.05) is 42.5 Å². The van der Waals surface area contributed by atoms with Crippen molar-refractivity contribution in [3.8, 4) is 0 Å². The van der Waals surface area contributed by atoms with Gasteiger partial charge in [-0.2, -0.15) is 0 Å². The highest BCUT2D eigenvalue weighted by Gasteiger charge is 2.21. The van der Waals surface area contributed by atoms with Gasteiger partial charge in [0.15, 0.2) is 4.98 Å². The summed E-state index contributed by atoms with van der Waals surface area (Å²) < 4.78 is 39.0. The van der Waals surface area contributed by atoms with Crippen LogP contribution in [-0.2, 0) is 0 Å². The van der Waals surface area contributed by atoms with Gasteiger partial charge in [-0.05, 0) is 6.07 Å². The number of carbonyl (C=O) groups excluding carboxylic acids is 1. The average Bonchev–Trinajstić information content (AvgIpc) is 2.45. The summed E-state index contributed by atoms with van der Waals surface area (Å²) in [6, 6.07) is 15.6. The van der Waals surface area contributed by atoms with Crippen LogP contribution >= 0.6 is 0 Å². The molecule has 3 nitrogen and oxygen atoms in total. The minimum Gasteiger partial charge on any atom is -0.418 e. The summed E-state index contributed by atoms with van der Waals surface area (Å²) in [5.41, 5.74) is 1.27. The molecule has 2 rings (SSSR count). The Balaban J connectivity index is 0.000000383. The van der Waals surface area contributed by atoms with Crippen LogP contribution in [0.25, 0.3) is 4.98 Å².